The molecule has 1 N–H and O–H groups in total. The van der Waals surface area contributed by atoms with Gasteiger partial charge in [0.15, 0.2) is 0 Å². The van der Waals surface area contributed by atoms with E-state index in [0.717, 1.165) is 6.54 Å². The molecular weight excluding hydrogens is 122 g/mol. The van der Waals surface area contributed by atoms with Gasteiger partial charge in [-0.3, -0.25) is 0 Å². The van der Waals surface area contributed by atoms with Gasteiger partial charge in [-0.2, -0.15) is 0 Å². The third-order valence-electron chi connectivity index (χ3n) is 1.90. The summed E-state index contributed by atoms with van der Waals surface area (Å²) in [5.41, 5.74) is 0.408. The molecule has 0 fully saturated rings. The topological polar surface area (TPSA) is 12.0 Å². The fourth-order valence-corrected chi connectivity index (χ4v) is 1.31. The molecule has 0 aliphatic carbocycles. The highest BCUT2D eigenvalue weighted by molar-refractivity contribution is 4.78. The molecule has 0 heterocycles. The van der Waals surface area contributed by atoms with Crippen LogP contribution in [0.2, 0.25) is 0 Å². The Hall–Kier alpha value is -0.0400. The van der Waals surface area contributed by atoms with Gasteiger partial charge in [0.25, 0.3) is 0 Å². The molecule has 0 amide bonds. The molecule has 10 heavy (non-hydrogen) atoms. The molecule has 0 saturated heterocycles. The average molecular weight is 143 g/mol. The lowest BCUT2D eigenvalue weighted by Crippen LogP contribution is -2.39. The molecule has 0 rings (SSSR count). The highest BCUT2D eigenvalue weighted by Crippen LogP contribution is 2.20. The van der Waals surface area contributed by atoms with Crippen LogP contribution in [0.25, 0.3) is 0 Å². The zero-order valence-corrected chi connectivity index (χ0v) is 7.99. The van der Waals surface area contributed by atoms with Crippen molar-refractivity contribution in [2.75, 3.05) is 6.54 Å². The first kappa shape index (κ1) is 9.96. The van der Waals surface area contributed by atoms with E-state index in [1.165, 1.54) is 6.42 Å². The van der Waals surface area contributed by atoms with Crippen LogP contribution in [-0.2, 0) is 0 Å². The summed E-state index contributed by atoms with van der Waals surface area (Å²) in [4.78, 5) is 0. The van der Waals surface area contributed by atoms with Gasteiger partial charge in [0.1, 0.15) is 0 Å². The third-order valence-corrected chi connectivity index (χ3v) is 1.90. The first-order valence-electron chi connectivity index (χ1n) is 4.25. The van der Waals surface area contributed by atoms with Crippen molar-refractivity contribution in [1.29, 1.82) is 0 Å². The predicted octanol–water partition coefficient (Wildman–Crippen LogP) is 2.42. The van der Waals surface area contributed by atoms with E-state index in [0.29, 0.717) is 11.5 Å². The van der Waals surface area contributed by atoms with Crippen LogP contribution in [0.5, 0.6) is 0 Å². The fraction of sp³-hybridized carbons (Fsp3) is 1.00. The fourth-order valence-electron chi connectivity index (χ4n) is 1.31. The standard InChI is InChI=1S/C9H21N/c1-6-8(10-7-2)9(3,4)5/h8,10H,6-7H2,1-5H3. The van der Waals surface area contributed by atoms with E-state index in [1.807, 2.05) is 0 Å². The van der Waals surface area contributed by atoms with Crippen LogP contribution in [0.4, 0.5) is 0 Å². The lowest BCUT2D eigenvalue weighted by atomic mass is 9.85. The molecular formula is C9H21N. The van der Waals surface area contributed by atoms with E-state index in [2.05, 4.69) is 39.9 Å². The second kappa shape index (κ2) is 3.97. The van der Waals surface area contributed by atoms with Gasteiger partial charge in [0.2, 0.25) is 0 Å². The van der Waals surface area contributed by atoms with Crippen molar-refractivity contribution in [2.45, 2.75) is 47.1 Å². The summed E-state index contributed by atoms with van der Waals surface area (Å²) in [5.74, 6) is 0. The summed E-state index contributed by atoms with van der Waals surface area (Å²) in [5, 5.41) is 3.47. The predicted molar refractivity (Wildman–Crippen MR) is 47.2 cm³/mol. The van der Waals surface area contributed by atoms with Crippen LogP contribution in [0, 0.1) is 5.41 Å². The Kier molecular flexibility index (Phi) is 3.95. The van der Waals surface area contributed by atoms with E-state index in [-0.39, 0.29) is 0 Å². The smallest absolute Gasteiger partial charge is 0.0113 e. The van der Waals surface area contributed by atoms with Gasteiger partial charge < -0.3 is 5.32 Å². The van der Waals surface area contributed by atoms with Crippen LogP contribution < -0.4 is 5.32 Å². The van der Waals surface area contributed by atoms with Crippen LogP contribution in [-0.4, -0.2) is 12.6 Å². The molecule has 0 bridgehead atoms. The first-order valence-corrected chi connectivity index (χ1v) is 4.25. The zero-order valence-electron chi connectivity index (χ0n) is 7.99. The summed E-state index contributed by atoms with van der Waals surface area (Å²) in [6.45, 7) is 12.3. The summed E-state index contributed by atoms with van der Waals surface area (Å²) in [7, 11) is 0. The molecule has 0 radical (unpaired) electrons. The Morgan fingerprint density at radius 2 is 1.70 bits per heavy atom. The number of hydrogen-bond donors (Lipinski definition) is 1. The average Bonchev–Trinajstić information content (AvgIpc) is 1.80. The Balaban J connectivity index is 3.81. The maximum absolute atomic E-state index is 3.47. The van der Waals surface area contributed by atoms with E-state index >= 15 is 0 Å². The lowest BCUT2D eigenvalue weighted by Gasteiger charge is -2.30. The number of rotatable bonds is 3. The third kappa shape index (κ3) is 3.21. The second-order valence-electron chi connectivity index (χ2n) is 3.88. The lowest BCUT2D eigenvalue weighted by molar-refractivity contribution is 0.265. The van der Waals surface area contributed by atoms with E-state index in [1.54, 1.807) is 0 Å². The van der Waals surface area contributed by atoms with Crippen LogP contribution >= 0.6 is 0 Å². The van der Waals surface area contributed by atoms with Crippen LogP contribution in [0.1, 0.15) is 41.0 Å². The molecule has 1 heteroatoms. The Morgan fingerprint density at radius 1 is 1.20 bits per heavy atom. The highest BCUT2D eigenvalue weighted by Gasteiger charge is 2.20. The van der Waals surface area contributed by atoms with Crippen molar-refractivity contribution in [3.63, 3.8) is 0 Å². The van der Waals surface area contributed by atoms with Gasteiger partial charge >= 0.3 is 0 Å². The van der Waals surface area contributed by atoms with E-state index in [9.17, 15) is 0 Å². The molecule has 0 saturated carbocycles. The monoisotopic (exact) mass is 143 g/mol. The Bertz CT molecular complexity index is 81.2. The first-order chi connectivity index (χ1) is 4.52. The minimum Gasteiger partial charge on any atom is -0.314 e. The maximum Gasteiger partial charge on any atom is 0.0113 e. The van der Waals surface area contributed by atoms with E-state index in [4.69, 9.17) is 0 Å². The molecule has 62 valence electrons. The highest BCUT2D eigenvalue weighted by atomic mass is 14.9. The van der Waals surface area contributed by atoms with Gasteiger partial charge in [-0.15, -0.1) is 0 Å². The minimum atomic E-state index is 0.408. The van der Waals surface area contributed by atoms with Gasteiger partial charge in [0.05, 0.1) is 0 Å². The summed E-state index contributed by atoms with van der Waals surface area (Å²) in [6.07, 6.45) is 1.22. The maximum atomic E-state index is 3.47. The molecule has 0 aliphatic heterocycles. The molecule has 0 aromatic carbocycles. The van der Waals surface area contributed by atoms with Gasteiger partial charge in [-0.05, 0) is 18.4 Å². The van der Waals surface area contributed by atoms with Gasteiger partial charge in [-0.1, -0.05) is 34.6 Å². The van der Waals surface area contributed by atoms with Crippen molar-refractivity contribution < 1.29 is 0 Å². The molecule has 1 unspecified atom stereocenters. The molecule has 0 aromatic rings. The summed E-state index contributed by atoms with van der Waals surface area (Å²) >= 11 is 0. The number of nitrogens with one attached hydrogen (secondary N) is 1. The van der Waals surface area contributed by atoms with Crippen molar-refractivity contribution in [3.8, 4) is 0 Å². The minimum absolute atomic E-state index is 0.408. The van der Waals surface area contributed by atoms with Crippen molar-refractivity contribution >= 4 is 0 Å². The van der Waals surface area contributed by atoms with Crippen LogP contribution in [0.15, 0.2) is 0 Å². The molecule has 1 atom stereocenters. The Morgan fingerprint density at radius 3 is 1.80 bits per heavy atom. The normalized spacial score (nSPS) is 15.3. The van der Waals surface area contributed by atoms with Gasteiger partial charge in [0, 0.05) is 6.04 Å². The molecule has 0 spiro atoms. The molecule has 0 aromatic heterocycles. The van der Waals surface area contributed by atoms with Crippen molar-refractivity contribution in [3.05, 3.63) is 0 Å². The zero-order chi connectivity index (χ0) is 8.20. The second-order valence-corrected chi connectivity index (χ2v) is 3.88. The van der Waals surface area contributed by atoms with Gasteiger partial charge in [-0.25, -0.2) is 0 Å². The largest absolute Gasteiger partial charge is 0.314 e. The number of hydrogen-bond acceptors (Lipinski definition) is 1. The Labute approximate surface area is 65.2 Å². The summed E-state index contributed by atoms with van der Waals surface area (Å²) in [6, 6.07) is 0.664. The van der Waals surface area contributed by atoms with Crippen molar-refractivity contribution in [1.82, 2.24) is 5.32 Å². The van der Waals surface area contributed by atoms with Crippen LogP contribution in [0.3, 0.4) is 0 Å². The quantitative estimate of drug-likeness (QED) is 0.640. The van der Waals surface area contributed by atoms with Crippen molar-refractivity contribution in [2.24, 2.45) is 5.41 Å². The van der Waals surface area contributed by atoms with E-state index < -0.39 is 0 Å². The molecule has 0 aliphatic rings. The molecule has 1 nitrogen and oxygen atoms in total. The SMILES string of the molecule is CCNC(CC)C(C)(C)C. The summed E-state index contributed by atoms with van der Waals surface area (Å²) < 4.78 is 0.